The lowest BCUT2D eigenvalue weighted by Crippen LogP contribution is -2.37. The molecule has 0 aliphatic heterocycles. The zero-order chi connectivity index (χ0) is 23.1. The fraction of sp³-hybridized carbons (Fsp3) is 0.739. The minimum absolute atomic E-state index is 0.111. The van der Waals surface area contributed by atoms with Crippen molar-refractivity contribution >= 4 is 0 Å². The number of hydrogen-bond acceptors (Lipinski definition) is 2. The van der Waals surface area contributed by atoms with Crippen LogP contribution in [0.4, 0.5) is 26.3 Å². The van der Waals surface area contributed by atoms with E-state index < -0.39 is 36.4 Å². The lowest BCUT2D eigenvalue weighted by molar-refractivity contribution is -0.223. The molecule has 1 aliphatic rings. The first-order chi connectivity index (χ1) is 14.6. The van der Waals surface area contributed by atoms with Gasteiger partial charge in [-0.05, 0) is 56.1 Å². The van der Waals surface area contributed by atoms with Gasteiger partial charge in [-0.3, -0.25) is 0 Å². The van der Waals surface area contributed by atoms with Gasteiger partial charge in [-0.1, -0.05) is 32.3 Å². The van der Waals surface area contributed by atoms with Crippen molar-refractivity contribution in [1.82, 2.24) is 0 Å². The second kappa shape index (κ2) is 11.4. The lowest BCUT2D eigenvalue weighted by atomic mass is 9.79. The molecule has 2 nitrogen and oxygen atoms in total. The van der Waals surface area contributed by atoms with Gasteiger partial charge in [0.15, 0.2) is 0 Å². The summed E-state index contributed by atoms with van der Waals surface area (Å²) in [4.78, 5) is 0. The van der Waals surface area contributed by atoms with Gasteiger partial charge in [0.05, 0.1) is 11.8 Å². The first-order valence-electron chi connectivity index (χ1n) is 11.0. The number of methoxy groups -OCH3 is 1. The summed E-state index contributed by atoms with van der Waals surface area (Å²) < 4.78 is 92.6. The second-order valence-corrected chi connectivity index (χ2v) is 8.50. The summed E-state index contributed by atoms with van der Waals surface area (Å²) >= 11 is 0. The van der Waals surface area contributed by atoms with Crippen LogP contribution in [0.3, 0.4) is 0 Å². The predicted octanol–water partition coefficient (Wildman–Crippen LogP) is 7.55. The van der Waals surface area contributed by atoms with Crippen LogP contribution in [0.2, 0.25) is 0 Å². The standard InChI is InChI=1S/C23H32F6O2/c1-3-4-5-16-6-9-18(10-7-16)23(28,29)31-20-11-8-17(21(24)15-20)14-19(12-13-30-2)22(25,26)27/h8,11,15-16,18-19H,3-7,9-10,12-14H2,1-2H3. The fourth-order valence-corrected chi connectivity index (χ4v) is 4.18. The van der Waals surface area contributed by atoms with Crippen molar-refractivity contribution in [2.24, 2.45) is 17.8 Å². The Hall–Kier alpha value is -1.44. The van der Waals surface area contributed by atoms with Crippen LogP contribution in [-0.4, -0.2) is 26.0 Å². The third-order valence-corrected chi connectivity index (χ3v) is 6.17. The normalized spacial score (nSPS) is 21.2. The van der Waals surface area contributed by atoms with Gasteiger partial charge in [0.2, 0.25) is 0 Å². The third-order valence-electron chi connectivity index (χ3n) is 6.17. The molecule has 0 heterocycles. The van der Waals surface area contributed by atoms with E-state index in [9.17, 15) is 26.3 Å². The molecule has 178 valence electrons. The Morgan fingerprint density at radius 1 is 1.06 bits per heavy atom. The Morgan fingerprint density at radius 3 is 2.29 bits per heavy atom. The number of halogens is 6. The quantitative estimate of drug-likeness (QED) is 0.321. The van der Waals surface area contributed by atoms with Gasteiger partial charge in [0, 0.05) is 19.8 Å². The molecular formula is C23H32F6O2. The van der Waals surface area contributed by atoms with Crippen LogP contribution in [0, 0.1) is 23.6 Å². The molecule has 1 fully saturated rings. The number of benzene rings is 1. The van der Waals surface area contributed by atoms with E-state index in [-0.39, 0.29) is 24.3 Å². The summed E-state index contributed by atoms with van der Waals surface area (Å²) in [6.45, 7) is 1.99. The van der Waals surface area contributed by atoms with Gasteiger partial charge < -0.3 is 9.47 Å². The van der Waals surface area contributed by atoms with Gasteiger partial charge in [-0.2, -0.15) is 22.0 Å². The summed E-state index contributed by atoms with van der Waals surface area (Å²) in [6, 6.07) is 2.96. The highest BCUT2D eigenvalue weighted by Gasteiger charge is 2.44. The molecule has 1 aromatic carbocycles. The maximum absolute atomic E-state index is 14.6. The largest absolute Gasteiger partial charge is 0.432 e. The lowest BCUT2D eigenvalue weighted by Gasteiger charge is -2.33. The molecule has 1 aliphatic carbocycles. The first kappa shape index (κ1) is 25.8. The SMILES string of the molecule is CCCCC1CCC(C(F)(F)Oc2ccc(CC(CCOC)C(F)(F)F)c(F)c2)CC1. The molecule has 1 aromatic rings. The van der Waals surface area contributed by atoms with E-state index in [4.69, 9.17) is 9.47 Å². The number of hydrogen-bond donors (Lipinski definition) is 0. The molecule has 0 amide bonds. The highest BCUT2D eigenvalue weighted by Crippen LogP contribution is 2.41. The van der Waals surface area contributed by atoms with E-state index in [1.54, 1.807) is 0 Å². The van der Waals surface area contributed by atoms with Crippen molar-refractivity contribution in [3.8, 4) is 5.75 Å². The van der Waals surface area contributed by atoms with E-state index in [2.05, 4.69) is 6.92 Å². The fourth-order valence-electron chi connectivity index (χ4n) is 4.18. The smallest absolute Gasteiger partial charge is 0.400 e. The Balaban J connectivity index is 1.99. The molecule has 0 N–H and O–H groups in total. The molecule has 0 aromatic heterocycles. The molecule has 2 rings (SSSR count). The Kier molecular flexibility index (Phi) is 9.52. The number of alkyl halides is 5. The Bertz CT molecular complexity index is 669. The predicted molar refractivity (Wildman–Crippen MR) is 107 cm³/mol. The van der Waals surface area contributed by atoms with Crippen molar-refractivity contribution in [2.75, 3.05) is 13.7 Å². The summed E-state index contributed by atoms with van der Waals surface area (Å²) in [6.07, 6.45) is -3.51. The van der Waals surface area contributed by atoms with Gasteiger partial charge in [-0.15, -0.1) is 0 Å². The van der Waals surface area contributed by atoms with Crippen LogP contribution in [0.25, 0.3) is 0 Å². The van der Waals surface area contributed by atoms with Crippen LogP contribution in [0.1, 0.15) is 63.9 Å². The monoisotopic (exact) mass is 454 g/mol. The maximum Gasteiger partial charge on any atom is 0.400 e. The van der Waals surface area contributed by atoms with Gasteiger partial charge in [0.1, 0.15) is 11.6 Å². The van der Waals surface area contributed by atoms with Crippen LogP contribution in [0.15, 0.2) is 18.2 Å². The Morgan fingerprint density at radius 2 is 1.74 bits per heavy atom. The number of rotatable bonds is 11. The summed E-state index contributed by atoms with van der Waals surface area (Å²) in [7, 11) is 1.29. The van der Waals surface area contributed by atoms with Crippen molar-refractivity contribution < 1.29 is 35.8 Å². The zero-order valence-corrected chi connectivity index (χ0v) is 18.1. The molecule has 8 heteroatoms. The van der Waals surface area contributed by atoms with Gasteiger partial charge in [0.25, 0.3) is 0 Å². The molecule has 1 unspecified atom stereocenters. The average molecular weight is 454 g/mol. The number of ether oxygens (including phenoxy) is 2. The molecule has 0 bridgehead atoms. The van der Waals surface area contributed by atoms with Crippen molar-refractivity contribution in [2.45, 2.75) is 77.0 Å². The zero-order valence-electron chi connectivity index (χ0n) is 18.1. The molecule has 1 saturated carbocycles. The molecule has 31 heavy (non-hydrogen) atoms. The molecule has 0 spiro atoms. The van der Waals surface area contributed by atoms with E-state index in [1.807, 2.05) is 0 Å². The second-order valence-electron chi connectivity index (χ2n) is 8.50. The molecule has 0 saturated heterocycles. The van der Waals surface area contributed by atoms with Crippen LogP contribution in [-0.2, 0) is 11.2 Å². The van der Waals surface area contributed by atoms with E-state index in [0.29, 0.717) is 18.8 Å². The van der Waals surface area contributed by atoms with Crippen LogP contribution in [0.5, 0.6) is 5.75 Å². The molecular weight excluding hydrogens is 422 g/mol. The van der Waals surface area contributed by atoms with E-state index in [0.717, 1.165) is 50.3 Å². The highest BCUT2D eigenvalue weighted by molar-refractivity contribution is 5.29. The van der Waals surface area contributed by atoms with Crippen LogP contribution >= 0.6 is 0 Å². The van der Waals surface area contributed by atoms with Crippen molar-refractivity contribution in [1.29, 1.82) is 0 Å². The maximum atomic E-state index is 14.6. The molecule has 0 radical (unpaired) electrons. The van der Waals surface area contributed by atoms with Gasteiger partial charge >= 0.3 is 12.3 Å². The Labute approximate surface area is 180 Å². The summed E-state index contributed by atoms with van der Waals surface area (Å²) in [5.41, 5.74) is -0.189. The first-order valence-corrected chi connectivity index (χ1v) is 11.0. The average Bonchev–Trinajstić information content (AvgIpc) is 2.70. The van der Waals surface area contributed by atoms with Crippen LogP contribution < -0.4 is 4.74 Å². The van der Waals surface area contributed by atoms with Gasteiger partial charge in [-0.25, -0.2) is 4.39 Å². The summed E-state index contributed by atoms with van der Waals surface area (Å²) in [5, 5.41) is 0. The third kappa shape index (κ3) is 7.88. The van der Waals surface area contributed by atoms with E-state index in [1.165, 1.54) is 7.11 Å². The van der Waals surface area contributed by atoms with Crippen molar-refractivity contribution in [3.05, 3.63) is 29.6 Å². The molecule has 1 atom stereocenters. The topological polar surface area (TPSA) is 18.5 Å². The number of unbranched alkanes of at least 4 members (excludes halogenated alkanes) is 1. The highest BCUT2D eigenvalue weighted by atomic mass is 19.4. The minimum atomic E-state index is -4.51. The van der Waals surface area contributed by atoms with Crippen molar-refractivity contribution in [3.63, 3.8) is 0 Å². The minimum Gasteiger partial charge on any atom is -0.432 e. The summed E-state index contributed by atoms with van der Waals surface area (Å²) in [5.74, 6) is -3.62. The van der Waals surface area contributed by atoms with E-state index >= 15 is 0 Å².